The highest BCUT2D eigenvalue weighted by Gasteiger charge is 2.18. The summed E-state index contributed by atoms with van der Waals surface area (Å²) in [6.45, 7) is 15.8. The number of aryl methyl sites for hydroxylation is 2. The summed E-state index contributed by atoms with van der Waals surface area (Å²) >= 11 is 0. The van der Waals surface area contributed by atoms with E-state index < -0.39 is 0 Å². The Balaban J connectivity index is 2.38. The Bertz CT molecular complexity index is 666. The van der Waals surface area contributed by atoms with Crippen LogP contribution in [0, 0.1) is 13.8 Å². The van der Waals surface area contributed by atoms with E-state index in [9.17, 15) is 0 Å². The maximum atomic E-state index is 2.34. The fraction of sp³-hybridized carbons (Fsp3) is 0.478. The van der Waals surface area contributed by atoms with Gasteiger partial charge >= 0.3 is 0 Å². The second kappa shape index (κ2) is 7.01. The Hall–Kier alpha value is -1.76. The fourth-order valence-electron chi connectivity index (χ4n) is 3.31. The van der Waals surface area contributed by atoms with Crippen molar-refractivity contribution in [1.29, 1.82) is 0 Å². The van der Waals surface area contributed by atoms with Gasteiger partial charge in [-0.1, -0.05) is 58.9 Å². The third kappa shape index (κ3) is 3.83. The van der Waals surface area contributed by atoms with Gasteiger partial charge in [-0.05, 0) is 66.0 Å². The van der Waals surface area contributed by atoms with Gasteiger partial charge in [-0.3, -0.25) is 0 Å². The van der Waals surface area contributed by atoms with E-state index in [2.05, 4.69) is 96.8 Å². The molecule has 0 saturated heterocycles. The molecule has 0 fully saturated rings. The van der Waals surface area contributed by atoms with Crippen molar-refractivity contribution < 1.29 is 0 Å². The van der Waals surface area contributed by atoms with Crippen LogP contribution < -0.4 is 4.90 Å². The Morgan fingerprint density at radius 1 is 0.958 bits per heavy atom. The summed E-state index contributed by atoms with van der Waals surface area (Å²) in [5.41, 5.74) is 8.26. The van der Waals surface area contributed by atoms with Crippen molar-refractivity contribution in [3.8, 4) is 0 Å². The Labute approximate surface area is 148 Å². The van der Waals surface area contributed by atoms with Gasteiger partial charge in [-0.2, -0.15) is 0 Å². The lowest BCUT2D eigenvalue weighted by Crippen LogP contribution is -2.16. The standard InChI is InChI=1S/C23H33N/c1-9-16(2)19-10-12-21(13-11-19)24(8)22-17(3)14-20(15-18(22)4)23(5,6)7/h10-16H,9H2,1-8H3. The molecule has 0 saturated carbocycles. The minimum absolute atomic E-state index is 0.185. The van der Waals surface area contributed by atoms with Gasteiger partial charge in [-0.15, -0.1) is 0 Å². The Morgan fingerprint density at radius 2 is 1.46 bits per heavy atom. The smallest absolute Gasteiger partial charge is 0.0467 e. The number of benzene rings is 2. The summed E-state index contributed by atoms with van der Waals surface area (Å²) in [4.78, 5) is 2.32. The molecule has 2 aromatic carbocycles. The summed E-state index contributed by atoms with van der Waals surface area (Å²) in [6, 6.07) is 13.7. The maximum Gasteiger partial charge on any atom is 0.0467 e. The molecule has 1 heteroatoms. The summed E-state index contributed by atoms with van der Waals surface area (Å²) < 4.78 is 0. The van der Waals surface area contributed by atoms with E-state index in [0.717, 1.165) is 0 Å². The summed E-state index contributed by atoms with van der Waals surface area (Å²) in [5.74, 6) is 0.624. The molecule has 2 rings (SSSR count). The van der Waals surface area contributed by atoms with Gasteiger partial charge in [-0.25, -0.2) is 0 Å². The van der Waals surface area contributed by atoms with Crippen molar-refractivity contribution in [2.24, 2.45) is 0 Å². The SMILES string of the molecule is CCC(C)c1ccc(N(C)c2c(C)cc(C(C)(C)C)cc2C)cc1. The van der Waals surface area contributed by atoms with E-state index in [1.54, 1.807) is 0 Å². The second-order valence-electron chi connectivity index (χ2n) is 8.17. The van der Waals surface area contributed by atoms with E-state index in [1.165, 1.54) is 40.0 Å². The minimum atomic E-state index is 0.185. The molecular weight excluding hydrogens is 290 g/mol. The van der Waals surface area contributed by atoms with Gasteiger partial charge in [0.05, 0.1) is 0 Å². The number of hydrogen-bond acceptors (Lipinski definition) is 1. The molecule has 0 heterocycles. The van der Waals surface area contributed by atoms with E-state index in [-0.39, 0.29) is 5.41 Å². The number of anilines is 2. The molecule has 0 radical (unpaired) electrons. The third-order valence-electron chi connectivity index (χ3n) is 5.15. The first kappa shape index (κ1) is 18.6. The van der Waals surface area contributed by atoms with Crippen molar-refractivity contribution >= 4 is 11.4 Å². The van der Waals surface area contributed by atoms with Crippen molar-refractivity contribution in [1.82, 2.24) is 0 Å². The van der Waals surface area contributed by atoms with Gasteiger partial charge in [0.25, 0.3) is 0 Å². The molecule has 1 unspecified atom stereocenters. The van der Waals surface area contributed by atoms with Crippen LogP contribution in [0.4, 0.5) is 11.4 Å². The number of rotatable bonds is 4. The molecule has 24 heavy (non-hydrogen) atoms. The van der Waals surface area contributed by atoms with Crippen LogP contribution in [0.2, 0.25) is 0 Å². The van der Waals surface area contributed by atoms with Crippen LogP contribution in [0.25, 0.3) is 0 Å². The Morgan fingerprint density at radius 3 is 1.88 bits per heavy atom. The average Bonchev–Trinajstić information content (AvgIpc) is 2.52. The van der Waals surface area contributed by atoms with Gasteiger partial charge in [0, 0.05) is 18.4 Å². The molecule has 0 spiro atoms. The van der Waals surface area contributed by atoms with Gasteiger partial charge < -0.3 is 4.90 Å². The van der Waals surface area contributed by atoms with Crippen LogP contribution >= 0.6 is 0 Å². The predicted molar refractivity (Wildman–Crippen MR) is 108 cm³/mol. The van der Waals surface area contributed by atoms with Crippen molar-refractivity contribution in [2.75, 3.05) is 11.9 Å². The molecule has 2 aromatic rings. The first-order valence-corrected chi connectivity index (χ1v) is 9.10. The van der Waals surface area contributed by atoms with E-state index in [4.69, 9.17) is 0 Å². The molecule has 0 aliphatic carbocycles. The van der Waals surface area contributed by atoms with Crippen LogP contribution in [-0.4, -0.2) is 7.05 Å². The summed E-state index contributed by atoms with van der Waals surface area (Å²) in [5, 5.41) is 0. The van der Waals surface area contributed by atoms with E-state index in [0.29, 0.717) is 5.92 Å². The molecule has 0 bridgehead atoms. The lowest BCUT2D eigenvalue weighted by Gasteiger charge is -2.27. The molecule has 0 N–H and O–H groups in total. The van der Waals surface area contributed by atoms with Crippen LogP contribution in [0.15, 0.2) is 36.4 Å². The van der Waals surface area contributed by atoms with Crippen molar-refractivity contribution in [3.05, 3.63) is 58.7 Å². The lowest BCUT2D eigenvalue weighted by molar-refractivity contribution is 0.589. The van der Waals surface area contributed by atoms with Crippen molar-refractivity contribution in [3.63, 3.8) is 0 Å². The van der Waals surface area contributed by atoms with Crippen LogP contribution in [0.5, 0.6) is 0 Å². The summed E-state index contributed by atoms with van der Waals surface area (Å²) in [6.07, 6.45) is 1.18. The van der Waals surface area contributed by atoms with Crippen LogP contribution in [-0.2, 0) is 5.41 Å². The van der Waals surface area contributed by atoms with Crippen LogP contribution in [0.3, 0.4) is 0 Å². The summed E-state index contributed by atoms with van der Waals surface area (Å²) in [7, 11) is 2.17. The zero-order valence-corrected chi connectivity index (χ0v) is 16.7. The van der Waals surface area contributed by atoms with Crippen LogP contribution in [0.1, 0.15) is 69.2 Å². The number of hydrogen-bond donors (Lipinski definition) is 0. The first-order chi connectivity index (χ1) is 11.1. The molecule has 1 nitrogen and oxygen atoms in total. The van der Waals surface area contributed by atoms with Crippen molar-refractivity contribution in [2.45, 2.75) is 66.2 Å². The largest absolute Gasteiger partial charge is 0.344 e. The highest BCUT2D eigenvalue weighted by atomic mass is 15.1. The highest BCUT2D eigenvalue weighted by Crippen LogP contribution is 2.35. The molecular formula is C23H33N. The van der Waals surface area contributed by atoms with E-state index in [1.807, 2.05) is 0 Å². The Kier molecular flexibility index (Phi) is 5.42. The quantitative estimate of drug-likeness (QED) is 0.592. The number of nitrogens with zero attached hydrogens (tertiary/aromatic N) is 1. The third-order valence-corrected chi connectivity index (χ3v) is 5.15. The first-order valence-electron chi connectivity index (χ1n) is 9.10. The fourth-order valence-corrected chi connectivity index (χ4v) is 3.31. The predicted octanol–water partition coefficient (Wildman–Crippen LogP) is 6.88. The minimum Gasteiger partial charge on any atom is -0.344 e. The molecule has 0 aliphatic rings. The zero-order valence-electron chi connectivity index (χ0n) is 16.7. The molecule has 0 aliphatic heterocycles. The zero-order chi connectivity index (χ0) is 18.1. The van der Waals surface area contributed by atoms with Gasteiger partial charge in [0.15, 0.2) is 0 Å². The maximum absolute atomic E-state index is 2.34. The molecule has 0 aromatic heterocycles. The highest BCUT2D eigenvalue weighted by molar-refractivity contribution is 5.70. The second-order valence-corrected chi connectivity index (χ2v) is 8.17. The molecule has 1 atom stereocenters. The average molecular weight is 324 g/mol. The van der Waals surface area contributed by atoms with Gasteiger partial charge in [0.1, 0.15) is 0 Å². The topological polar surface area (TPSA) is 3.24 Å². The van der Waals surface area contributed by atoms with Gasteiger partial charge in [0.2, 0.25) is 0 Å². The monoisotopic (exact) mass is 323 g/mol. The molecule has 0 amide bonds. The molecule has 130 valence electrons. The normalized spacial score (nSPS) is 13.0. The lowest BCUT2D eigenvalue weighted by atomic mass is 9.84. The van der Waals surface area contributed by atoms with E-state index >= 15 is 0 Å².